The molecule has 0 aliphatic rings. The van der Waals surface area contributed by atoms with Crippen LogP contribution in [-0.4, -0.2) is 5.11 Å². The highest BCUT2D eigenvalue weighted by Gasteiger charge is 2.19. The fourth-order valence-corrected chi connectivity index (χ4v) is 3.02. The van der Waals surface area contributed by atoms with Crippen molar-refractivity contribution >= 4 is 22.9 Å². The van der Waals surface area contributed by atoms with Gasteiger partial charge in [0.1, 0.15) is 6.10 Å². The molecule has 1 nitrogen and oxygen atoms in total. The minimum atomic E-state index is -0.593. The largest absolute Gasteiger partial charge is 0.383 e. The van der Waals surface area contributed by atoms with E-state index < -0.39 is 6.10 Å². The molecule has 18 heavy (non-hydrogen) atoms. The zero-order chi connectivity index (χ0) is 13.3. The van der Waals surface area contributed by atoms with E-state index in [1.54, 1.807) is 11.3 Å². The number of hydrogen-bond acceptors (Lipinski definition) is 2. The lowest BCUT2D eigenvalue weighted by Crippen LogP contribution is -2.07. The first-order valence-electron chi connectivity index (χ1n) is 5.91. The standard InChI is InChI=1S/C15H17ClOS/c1-15(2,3)13-8-7-12(18-13)14(17)10-5-4-6-11(16)9-10/h4-9,14,17H,1-3H3. The summed E-state index contributed by atoms with van der Waals surface area (Å²) in [5.74, 6) is 0. The average Bonchev–Trinajstić information content (AvgIpc) is 2.77. The highest BCUT2D eigenvalue weighted by molar-refractivity contribution is 7.12. The molecule has 0 bridgehead atoms. The predicted octanol–water partition coefficient (Wildman–Crippen LogP) is 4.78. The van der Waals surface area contributed by atoms with Crippen LogP contribution in [0.1, 0.15) is 42.2 Å². The SMILES string of the molecule is CC(C)(C)c1ccc(C(O)c2cccc(Cl)c2)s1. The second-order valence-electron chi connectivity index (χ2n) is 5.41. The molecule has 3 heteroatoms. The molecule has 0 radical (unpaired) electrons. The van der Waals surface area contributed by atoms with E-state index >= 15 is 0 Å². The lowest BCUT2D eigenvalue weighted by atomic mass is 9.95. The number of aliphatic hydroxyl groups is 1. The first-order valence-corrected chi connectivity index (χ1v) is 7.11. The molecule has 0 saturated carbocycles. The Morgan fingerprint density at radius 3 is 2.44 bits per heavy atom. The van der Waals surface area contributed by atoms with Crippen LogP contribution in [0.15, 0.2) is 36.4 Å². The van der Waals surface area contributed by atoms with Crippen LogP contribution >= 0.6 is 22.9 Å². The van der Waals surface area contributed by atoms with E-state index in [0.29, 0.717) is 5.02 Å². The monoisotopic (exact) mass is 280 g/mol. The number of benzene rings is 1. The van der Waals surface area contributed by atoms with Crippen molar-refractivity contribution in [1.82, 2.24) is 0 Å². The third kappa shape index (κ3) is 2.94. The molecule has 0 fully saturated rings. The topological polar surface area (TPSA) is 20.2 Å². The van der Waals surface area contributed by atoms with Gasteiger partial charge in [-0.2, -0.15) is 0 Å². The fourth-order valence-electron chi connectivity index (χ4n) is 1.74. The molecule has 1 heterocycles. The number of hydrogen-bond donors (Lipinski definition) is 1. The number of halogens is 1. The summed E-state index contributed by atoms with van der Waals surface area (Å²) < 4.78 is 0. The summed E-state index contributed by atoms with van der Waals surface area (Å²) in [4.78, 5) is 2.24. The van der Waals surface area contributed by atoms with Crippen LogP contribution in [0.2, 0.25) is 5.02 Å². The second-order valence-corrected chi connectivity index (χ2v) is 6.96. The van der Waals surface area contributed by atoms with Gasteiger partial charge in [-0.05, 0) is 35.2 Å². The van der Waals surface area contributed by atoms with Gasteiger partial charge in [0.2, 0.25) is 0 Å². The van der Waals surface area contributed by atoms with Crippen LogP contribution < -0.4 is 0 Å². The summed E-state index contributed by atoms with van der Waals surface area (Å²) in [5.41, 5.74) is 0.960. The molecular weight excluding hydrogens is 264 g/mol. The van der Waals surface area contributed by atoms with Gasteiger partial charge in [0.05, 0.1) is 0 Å². The number of aliphatic hydroxyl groups excluding tert-OH is 1. The molecule has 1 aromatic heterocycles. The Hall–Kier alpha value is -0.830. The second kappa shape index (κ2) is 5.04. The van der Waals surface area contributed by atoms with E-state index in [-0.39, 0.29) is 5.41 Å². The third-order valence-electron chi connectivity index (χ3n) is 2.80. The first-order chi connectivity index (χ1) is 8.38. The molecule has 0 aliphatic heterocycles. The molecule has 0 amide bonds. The lowest BCUT2D eigenvalue weighted by molar-refractivity contribution is 0.224. The van der Waals surface area contributed by atoms with E-state index in [1.807, 2.05) is 30.3 Å². The van der Waals surface area contributed by atoms with Gasteiger partial charge in [-0.15, -0.1) is 11.3 Å². The maximum absolute atomic E-state index is 10.3. The zero-order valence-electron chi connectivity index (χ0n) is 10.8. The van der Waals surface area contributed by atoms with Crippen LogP contribution in [0.25, 0.3) is 0 Å². The zero-order valence-corrected chi connectivity index (χ0v) is 12.3. The first kappa shape index (κ1) is 13.6. The van der Waals surface area contributed by atoms with Gasteiger partial charge in [0.15, 0.2) is 0 Å². The van der Waals surface area contributed by atoms with Gasteiger partial charge in [-0.25, -0.2) is 0 Å². The molecule has 0 spiro atoms. The molecule has 2 aromatic rings. The van der Waals surface area contributed by atoms with Gasteiger partial charge in [0, 0.05) is 14.8 Å². The maximum atomic E-state index is 10.3. The molecule has 1 atom stereocenters. The Balaban J connectivity index is 2.29. The van der Waals surface area contributed by atoms with E-state index in [1.165, 1.54) is 4.88 Å². The molecule has 1 aromatic carbocycles. The van der Waals surface area contributed by atoms with Crippen LogP contribution in [0.3, 0.4) is 0 Å². The highest BCUT2D eigenvalue weighted by atomic mass is 35.5. The summed E-state index contributed by atoms with van der Waals surface area (Å²) in [6.45, 7) is 6.52. The molecule has 2 rings (SSSR count). The Bertz CT molecular complexity index is 539. The summed E-state index contributed by atoms with van der Waals surface area (Å²) >= 11 is 7.60. The molecule has 0 aliphatic carbocycles. The maximum Gasteiger partial charge on any atom is 0.113 e. The molecular formula is C15H17ClOS. The summed E-state index contributed by atoms with van der Waals surface area (Å²) in [6.07, 6.45) is -0.593. The van der Waals surface area contributed by atoms with Crippen molar-refractivity contribution in [1.29, 1.82) is 0 Å². The van der Waals surface area contributed by atoms with E-state index in [0.717, 1.165) is 10.4 Å². The van der Waals surface area contributed by atoms with E-state index in [4.69, 9.17) is 11.6 Å². The van der Waals surface area contributed by atoms with Gasteiger partial charge < -0.3 is 5.11 Å². The fraction of sp³-hybridized carbons (Fsp3) is 0.333. The summed E-state index contributed by atoms with van der Waals surface area (Å²) in [6, 6.07) is 11.5. The van der Waals surface area contributed by atoms with Gasteiger partial charge in [-0.3, -0.25) is 0 Å². The average molecular weight is 281 g/mol. The molecule has 96 valence electrons. The lowest BCUT2D eigenvalue weighted by Gasteiger charge is -2.15. The van der Waals surface area contributed by atoms with Crippen molar-refractivity contribution < 1.29 is 5.11 Å². The quantitative estimate of drug-likeness (QED) is 0.839. The van der Waals surface area contributed by atoms with Gasteiger partial charge in [-0.1, -0.05) is 44.5 Å². The molecule has 1 unspecified atom stereocenters. The van der Waals surface area contributed by atoms with Gasteiger partial charge in [0.25, 0.3) is 0 Å². The van der Waals surface area contributed by atoms with Crippen molar-refractivity contribution in [2.75, 3.05) is 0 Å². The smallest absolute Gasteiger partial charge is 0.113 e. The van der Waals surface area contributed by atoms with E-state index in [2.05, 4.69) is 26.8 Å². The van der Waals surface area contributed by atoms with Crippen molar-refractivity contribution in [3.63, 3.8) is 0 Å². The normalized spacial score (nSPS) is 13.6. The minimum Gasteiger partial charge on any atom is -0.383 e. The summed E-state index contributed by atoms with van der Waals surface area (Å²) in [7, 11) is 0. The van der Waals surface area contributed by atoms with Crippen LogP contribution in [-0.2, 0) is 5.41 Å². The van der Waals surface area contributed by atoms with E-state index in [9.17, 15) is 5.11 Å². The number of thiophene rings is 1. The third-order valence-corrected chi connectivity index (χ3v) is 4.60. The van der Waals surface area contributed by atoms with Crippen LogP contribution in [0, 0.1) is 0 Å². The van der Waals surface area contributed by atoms with Crippen molar-refractivity contribution in [3.05, 3.63) is 56.7 Å². The van der Waals surface area contributed by atoms with Crippen molar-refractivity contribution in [3.8, 4) is 0 Å². The van der Waals surface area contributed by atoms with Crippen molar-refractivity contribution in [2.45, 2.75) is 32.3 Å². The summed E-state index contributed by atoms with van der Waals surface area (Å²) in [5, 5.41) is 11.0. The van der Waals surface area contributed by atoms with Crippen LogP contribution in [0.5, 0.6) is 0 Å². The highest BCUT2D eigenvalue weighted by Crippen LogP contribution is 2.34. The molecule has 0 saturated heterocycles. The Morgan fingerprint density at radius 1 is 1.17 bits per heavy atom. The van der Waals surface area contributed by atoms with Crippen molar-refractivity contribution in [2.24, 2.45) is 0 Å². The Kier molecular flexibility index (Phi) is 3.81. The molecule has 1 N–H and O–H groups in total. The minimum absolute atomic E-state index is 0.122. The van der Waals surface area contributed by atoms with Gasteiger partial charge >= 0.3 is 0 Å². The van der Waals surface area contributed by atoms with Crippen LogP contribution in [0.4, 0.5) is 0 Å². The Labute approximate surface area is 117 Å². The predicted molar refractivity (Wildman–Crippen MR) is 78.5 cm³/mol. The Morgan fingerprint density at radius 2 is 1.89 bits per heavy atom. The number of rotatable bonds is 2.